The molecular weight excluding hydrogens is 436 g/mol. The Kier molecular flexibility index (Phi) is 8.43. The average Bonchev–Trinajstić information content (AvgIpc) is 2.85. The highest BCUT2D eigenvalue weighted by molar-refractivity contribution is 7.84. The monoisotopic (exact) mass is 466 g/mol. The van der Waals surface area contributed by atoms with Crippen LogP contribution >= 0.6 is 0 Å². The quantitative estimate of drug-likeness (QED) is 0.556. The number of nitrogens with zero attached hydrogens (tertiary/aromatic N) is 4. The number of amides is 1. The van der Waals surface area contributed by atoms with E-state index in [0.29, 0.717) is 6.04 Å². The normalized spacial score (nSPS) is 15.2. The van der Waals surface area contributed by atoms with Gasteiger partial charge in [-0.25, -0.2) is 0 Å². The fourth-order valence-corrected chi connectivity index (χ4v) is 4.58. The number of likely N-dealkylation sites (tertiary alicyclic amines) is 1. The van der Waals surface area contributed by atoms with Gasteiger partial charge < -0.3 is 10.4 Å². The first-order valence-electron chi connectivity index (χ1n) is 10.8. The van der Waals surface area contributed by atoms with Crippen molar-refractivity contribution < 1.29 is 14.5 Å². The van der Waals surface area contributed by atoms with E-state index in [4.69, 9.17) is 0 Å². The Morgan fingerprint density at radius 3 is 2.27 bits per heavy atom. The van der Waals surface area contributed by atoms with Gasteiger partial charge in [-0.05, 0) is 44.2 Å². The van der Waals surface area contributed by atoms with Gasteiger partial charge in [0.1, 0.15) is 0 Å². The van der Waals surface area contributed by atoms with Gasteiger partial charge >= 0.3 is 0 Å². The second kappa shape index (κ2) is 11.3. The van der Waals surface area contributed by atoms with Crippen molar-refractivity contribution in [3.63, 3.8) is 0 Å². The predicted molar refractivity (Wildman–Crippen MR) is 130 cm³/mol. The standard InChI is InChI=1S/C25H28N4O2S.H2O/c1-28(22-12-14-29(15-13-22)25(30)20-6-4-3-5-7-20)18-21-16-27-24(17-26-21)19-8-10-23(11-9-19)32(2)31;/h3-11,16-17,22H,12-15,18H2,1-2H3;1H2. The highest BCUT2D eigenvalue weighted by Gasteiger charge is 2.26. The van der Waals surface area contributed by atoms with E-state index in [-0.39, 0.29) is 11.4 Å². The molecule has 2 N–H and O–H groups in total. The molecule has 4 rings (SSSR count). The van der Waals surface area contributed by atoms with E-state index in [1.807, 2.05) is 65.7 Å². The second-order valence-corrected chi connectivity index (χ2v) is 9.56. The lowest BCUT2D eigenvalue weighted by molar-refractivity contribution is 0.0638. The van der Waals surface area contributed by atoms with E-state index in [0.717, 1.165) is 59.9 Å². The van der Waals surface area contributed by atoms with Gasteiger partial charge in [0.25, 0.3) is 5.91 Å². The predicted octanol–water partition coefficient (Wildman–Crippen LogP) is 2.79. The molecule has 1 saturated heterocycles. The molecule has 3 aromatic rings. The molecule has 0 saturated carbocycles. The van der Waals surface area contributed by atoms with Crippen molar-refractivity contribution in [1.29, 1.82) is 0 Å². The number of aromatic nitrogens is 2. The van der Waals surface area contributed by atoms with Crippen LogP contribution in [0, 0.1) is 0 Å². The zero-order valence-electron chi connectivity index (χ0n) is 19.0. The molecule has 0 spiro atoms. The summed E-state index contributed by atoms with van der Waals surface area (Å²) in [6.45, 7) is 2.26. The van der Waals surface area contributed by atoms with Gasteiger partial charge in [0, 0.05) is 58.8 Å². The zero-order valence-corrected chi connectivity index (χ0v) is 19.8. The van der Waals surface area contributed by atoms with Crippen LogP contribution in [0.3, 0.4) is 0 Å². The molecule has 8 heteroatoms. The molecule has 1 unspecified atom stereocenters. The van der Waals surface area contributed by atoms with E-state index >= 15 is 0 Å². The van der Waals surface area contributed by atoms with Crippen molar-refractivity contribution in [1.82, 2.24) is 19.8 Å². The lowest BCUT2D eigenvalue weighted by Gasteiger charge is -2.36. The summed E-state index contributed by atoms with van der Waals surface area (Å²) >= 11 is 0. The summed E-state index contributed by atoms with van der Waals surface area (Å²) in [4.78, 5) is 26.9. The van der Waals surface area contributed by atoms with Crippen molar-refractivity contribution >= 4 is 16.7 Å². The van der Waals surface area contributed by atoms with Gasteiger partial charge in [0.05, 0.1) is 23.8 Å². The van der Waals surface area contributed by atoms with Crippen LogP contribution in [0.2, 0.25) is 0 Å². The number of hydrogen-bond donors (Lipinski definition) is 0. The first-order chi connectivity index (χ1) is 15.5. The first kappa shape index (κ1) is 24.7. The minimum Gasteiger partial charge on any atom is -0.412 e. The summed E-state index contributed by atoms with van der Waals surface area (Å²) in [6.07, 6.45) is 7.19. The Bertz CT molecular complexity index is 1070. The maximum absolute atomic E-state index is 12.6. The van der Waals surface area contributed by atoms with Crippen LogP contribution in [0.15, 0.2) is 71.9 Å². The fourth-order valence-electron chi connectivity index (χ4n) is 4.06. The molecule has 1 fully saturated rings. The zero-order chi connectivity index (χ0) is 22.5. The van der Waals surface area contributed by atoms with Crippen molar-refractivity contribution in [3.8, 4) is 11.3 Å². The average molecular weight is 467 g/mol. The minimum atomic E-state index is -0.985. The Labute approximate surface area is 197 Å². The molecule has 1 amide bonds. The highest BCUT2D eigenvalue weighted by atomic mass is 32.2. The van der Waals surface area contributed by atoms with E-state index in [9.17, 15) is 9.00 Å². The molecule has 1 aliphatic heterocycles. The number of benzene rings is 2. The fraction of sp³-hybridized carbons (Fsp3) is 0.320. The SMILES string of the molecule is CN(Cc1cnc(-c2ccc(S(C)=O)cc2)cn1)C1CCN(C(=O)c2ccccc2)CC1.O. The third-order valence-corrected chi connectivity index (χ3v) is 6.93. The number of rotatable bonds is 6. The largest absolute Gasteiger partial charge is 0.412 e. The summed E-state index contributed by atoms with van der Waals surface area (Å²) in [5, 5.41) is 0. The minimum absolute atomic E-state index is 0. The lowest BCUT2D eigenvalue weighted by Crippen LogP contribution is -2.45. The van der Waals surface area contributed by atoms with Crippen molar-refractivity contribution in [3.05, 3.63) is 78.2 Å². The van der Waals surface area contributed by atoms with Crippen molar-refractivity contribution in [2.45, 2.75) is 30.3 Å². The number of piperidine rings is 1. The molecular formula is C25H30N4O3S. The molecule has 1 atom stereocenters. The van der Waals surface area contributed by atoms with Gasteiger partial charge in [-0.1, -0.05) is 30.3 Å². The van der Waals surface area contributed by atoms with Crippen LogP contribution in [0.1, 0.15) is 28.9 Å². The first-order valence-corrected chi connectivity index (χ1v) is 12.4. The Hall–Kier alpha value is -2.94. The van der Waals surface area contributed by atoms with E-state index in [2.05, 4.69) is 21.9 Å². The molecule has 33 heavy (non-hydrogen) atoms. The van der Waals surface area contributed by atoms with Crippen LogP contribution in [-0.4, -0.2) is 67.8 Å². The molecule has 1 aromatic heterocycles. The third kappa shape index (κ3) is 6.10. The van der Waals surface area contributed by atoms with Crippen LogP contribution in [-0.2, 0) is 17.3 Å². The Morgan fingerprint density at radius 2 is 1.70 bits per heavy atom. The molecule has 1 aliphatic rings. The van der Waals surface area contributed by atoms with E-state index < -0.39 is 10.8 Å². The highest BCUT2D eigenvalue weighted by Crippen LogP contribution is 2.21. The van der Waals surface area contributed by atoms with Crippen LogP contribution < -0.4 is 0 Å². The van der Waals surface area contributed by atoms with Crippen molar-refractivity contribution in [2.24, 2.45) is 0 Å². The smallest absolute Gasteiger partial charge is 0.253 e. The van der Waals surface area contributed by atoms with Crippen LogP contribution in [0.5, 0.6) is 0 Å². The molecule has 2 aromatic carbocycles. The van der Waals surface area contributed by atoms with Gasteiger partial charge in [-0.3, -0.25) is 23.9 Å². The maximum atomic E-state index is 12.6. The molecule has 174 valence electrons. The molecule has 0 aliphatic carbocycles. The van der Waals surface area contributed by atoms with Gasteiger partial charge in [-0.2, -0.15) is 0 Å². The van der Waals surface area contributed by atoms with E-state index in [1.54, 1.807) is 12.5 Å². The third-order valence-electron chi connectivity index (χ3n) is 5.99. The van der Waals surface area contributed by atoms with Crippen LogP contribution in [0.4, 0.5) is 0 Å². The second-order valence-electron chi connectivity index (χ2n) is 8.18. The Morgan fingerprint density at radius 1 is 1.03 bits per heavy atom. The molecule has 7 nitrogen and oxygen atoms in total. The summed E-state index contributed by atoms with van der Waals surface area (Å²) in [5.74, 6) is 0.117. The molecule has 0 radical (unpaired) electrons. The number of hydrogen-bond acceptors (Lipinski definition) is 5. The van der Waals surface area contributed by atoms with Gasteiger partial charge in [-0.15, -0.1) is 0 Å². The molecule has 0 bridgehead atoms. The lowest BCUT2D eigenvalue weighted by atomic mass is 10.0. The molecule has 2 heterocycles. The summed E-state index contributed by atoms with van der Waals surface area (Å²) < 4.78 is 11.5. The van der Waals surface area contributed by atoms with Crippen molar-refractivity contribution in [2.75, 3.05) is 26.4 Å². The summed E-state index contributed by atoms with van der Waals surface area (Å²) in [5.41, 5.74) is 3.44. The summed E-state index contributed by atoms with van der Waals surface area (Å²) in [6, 6.07) is 17.5. The summed E-state index contributed by atoms with van der Waals surface area (Å²) in [7, 11) is 1.12. The number of carbonyl (C=O) groups is 1. The van der Waals surface area contributed by atoms with Crippen LogP contribution in [0.25, 0.3) is 11.3 Å². The van der Waals surface area contributed by atoms with E-state index in [1.165, 1.54) is 0 Å². The topological polar surface area (TPSA) is 97.9 Å². The Balaban J connectivity index is 0.00000306. The maximum Gasteiger partial charge on any atom is 0.253 e. The number of carbonyl (C=O) groups excluding carboxylic acids is 1. The van der Waals surface area contributed by atoms with Gasteiger partial charge in [0.2, 0.25) is 0 Å². The van der Waals surface area contributed by atoms with Gasteiger partial charge in [0.15, 0.2) is 0 Å².